The van der Waals surface area contributed by atoms with E-state index < -0.39 is 0 Å². The Morgan fingerprint density at radius 2 is 1.39 bits per heavy atom. The van der Waals surface area contributed by atoms with Gasteiger partial charge in [0.1, 0.15) is 5.75 Å². The lowest BCUT2D eigenvalue weighted by atomic mass is 10.0. The summed E-state index contributed by atoms with van der Waals surface area (Å²) in [6.45, 7) is 0. The van der Waals surface area contributed by atoms with Gasteiger partial charge in [-0.25, -0.2) is 0 Å². The summed E-state index contributed by atoms with van der Waals surface area (Å²) in [6.07, 6.45) is 0. The molecule has 0 bridgehead atoms. The quantitative estimate of drug-likeness (QED) is 0.747. The zero-order valence-electron chi connectivity index (χ0n) is 9.31. The number of rotatable bonds is 1. The highest BCUT2D eigenvalue weighted by Crippen LogP contribution is 2.26. The number of amides is 2. The first-order valence-corrected chi connectivity index (χ1v) is 5.44. The first-order valence-electron chi connectivity index (χ1n) is 5.44. The maximum absolute atomic E-state index is 11.5. The molecule has 18 heavy (non-hydrogen) atoms. The summed E-state index contributed by atoms with van der Waals surface area (Å²) >= 11 is 0. The van der Waals surface area contributed by atoms with Crippen LogP contribution < -0.4 is 5.32 Å². The lowest BCUT2D eigenvalue weighted by Gasteiger charge is -2.03. The van der Waals surface area contributed by atoms with Gasteiger partial charge >= 0.3 is 0 Å². The van der Waals surface area contributed by atoms with E-state index in [0.717, 1.165) is 11.1 Å². The molecule has 2 aromatic rings. The van der Waals surface area contributed by atoms with Crippen LogP contribution in [-0.4, -0.2) is 16.9 Å². The van der Waals surface area contributed by atoms with Crippen LogP contribution in [0.2, 0.25) is 0 Å². The molecular formula is C14H9NO3. The number of carbonyl (C=O) groups is 2. The van der Waals surface area contributed by atoms with Crippen LogP contribution in [0.5, 0.6) is 5.75 Å². The van der Waals surface area contributed by atoms with Crippen molar-refractivity contribution in [3.63, 3.8) is 0 Å². The molecule has 4 heteroatoms. The normalized spacial score (nSPS) is 13.3. The number of hydrogen-bond acceptors (Lipinski definition) is 3. The van der Waals surface area contributed by atoms with Crippen molar-refractivity contribution in [2.45, 2.75) is 0 Å². The molecule has 2 aromatic carbocycles. The second-order valence-electron chi connectivity index (χ2n) is 4.09. The van der Waals surface area contributed by atoms with Crippen LogP contribution in [0.4, 0.5) is 0 Å². The molecule has 0 aromatic heterocycles. The molecule has 0 spiro atoms. The summed E-state index contributed by atoms with van der Waals surface area (Å²) < 4.78 is 0. The number of phenolic OH excluding ortho intramolecular Hbond substituents is 1. The van der Waals surface area contributed by atoms with Crippen LogP contribution in [0, 0.1) is 0 Å². The van der Waals surface area contributed by atoms with Gasteiger partial charge in [-0.05, 0) is 35.4 Å². The van der Waals surface area contributed by atoms with E-state index >= 15 is 0 Å². The smallest absolute Gasteiger partial charge is 0.258 e. The molecule has 3 rings (SSSR count). The fraction of sp³-hybridized carbons (Fsp3) is 0. The number of fused-ring (bicyclic) bond motifs is 1. The molecule has 0 aliphatic carbocycles. The molecule has 88 valence electrons. The Morgan fingerprint density at radius 1 is 0.778 bits per heavy atom. The van der Waals surface area contributed by atoms with Crippen LogP contribution >= 0.6 is 0 Å². The fourth-order valence-corrected chi connectivity index (χ4v) is 2.00. The summed E-state index contributed by atoms with van der Waals surface area (Å²) in [5.74, 6) is -0.532. The second kappa shape index (κ2) is 3.70. The molecule has 0 fully saturated rings. The number of carbonyl (C=O) groups excluding carboxylic acids is 2. The first kappa shape index (κ1) is 10.5. The van der Waals surface area contributed by atoms with Gasteiger partial charge in [-0.3, -0.25) is 14.9 Å². The minimum Gasteiger partial charge on any atom is -0.508 e. The highest BCUT2D eigenvalue weighted by Gasteiger charge is 2.26. The molecule has 1 aliphatic rings. The molecular weight excluding hydrogens is 230 g/mol. The van der Waals surface area contributed by atoms with E-state index in [1.54, 1.807) is 42.5 Å². The first-order chi connectivity index (χ1) is 8.65. The van der Waals surface area contributed by atoms with Crippen LogP contribution in [0.25, 0.3) is 11.1 Å². The lowest BCUT2D eigenvalue weighted by Crippen LogP contribution is -2.19. The largest absolute Gasteiger partial charge is 0.508 e. The summed E-state index contributed by atoms with van der Waals surface area (Å²) in [5.41, 5.74) is 2.51. The Kier molecular flexibility index (Phi) is 2.16. The Bertz CT molecular complexity index is 659. The molecule has 0 radical (unpaired) electrons. The van der Waals surface area contributed by atoms with E-state index in [1.165, 1.54) is 0 Å². The Balaban J connectivity index is 2.11. The molecule has 0 saturated heterocycles. The fourth-order valence-electron chi connectivity index (χ4n) is 2.00. The Morgan fingerprint density at radius 3 is 2.11 bits per heavy atom. The van der Waals surface area contributed by atoms with E-state index in [0.29, 0.717) is 11.1 Å². The van der Waals surface area contributed by atoms with Crippen molar-refractivity contribution in [3.05, 3.63) is 53.6 Å². The van der Waals surface area contributed by atoms with E-state index in [1.807, 2.05) is 0 Å². The van der Waals surface area contributed by atoms with E-state index in [9.17, 15) is 14.7 Å². The van der Waals surface area contributed by atoms with Gasteiger partial charge in [-0.15, -0.1) is 0 Å². The SMILES string of the molecule is O=C1NC(=O)c2cc(-c3ccc(O)cc3)ccc21. The Labute approximate surface area is 103 Å². The van der Waals surface area contributed by atoms with Crippen molar-refractivity contribution >= 4 is 11.8 Å². The van der Waals surface area contributed by atoms with Crippen molar-refractivity contribution in [2.24, 2.45) is 0 Å². The van der Waals surface area contributed by atoms with Crippen molar-refractivity contribution in [1.82, 2.24) is 5.32 Å². The predicted octanol–water partition coefficient (Wildman–Crippen LogP) is 1.94. The second-order valence-corrected chi connectivity index (χ2v) is 4.09. The molecule has 1 heterocycles. The average Bonchev–Trinajstić information content (AvgIpc) is 2.66. The number of hydrogen-bond donors (Lipinski definition) is 2. The van der Waals surface area contributed by atoms with Gasteiger partial charge in [0.25, 0.3) is 11.8 Å². The third-order valence-electron chi connectivity index (χ3n) is 2.94. The molecule has 0 atom stereocenters. The van der Waals surface area contributed by atoms with Crippen LogP contribution in [-0.2, 0) is 0 Å². The number of nitrogens with one attached hydrogen (secondary N) is 1. The zero-order chi connectivity index (χ0) is 12.7. The van der Waals surface area contributed by atoms with Gasteiger partial charge in [-0.2, -0.15) is 0 Å². The molecule has 4 nitrogen and oxygen atoms in total. The molecule has 1 aliphatic heterocycles. The minimum absolute atomic E-state index is 0.188. The van der Waals surface area contributed by atoms with E-state index in [-0.39, 0.29) is 17.6 Å². The maximum atomic E-state index is 11.5. The van der Waals surface area contributed by atoms with Crippen LogP contribution in [0.3, 0.4) is 0 Å². The lowest BCUT2D eigenvalue weighted by molar-refractivity contribution is 0.0879. The van der Waals surface area contributed by atoms with Gasteiger partial charge in [0.2, 0.25) is 0 Å². The van der Waals surface area contributed by atoms with Gasteiger partial charge in [0.15, 0.2) is 0 Å². The summed E-state index contributed by atoms with van der Waals surface area (Å²) in [6, 6.07) is 11.8. The van der Waals surface area contributed by atoms with Crippen molar-refractivity contribution in [3.8, 4) is 16.9 Å². The van der Waals surface area contributed by atoms with Crippen molar-refractivity contribution in [1.29, 1.82) is 0 Å². The van der Waals surface area contributed by atoms with Crippen molar-refractivity contribution < 1.29 is 14.7 Å². The van der Waals surface area contributed by atoms with Gasteiger partial charge < -0.3 is 5.11 Å². The number of aromatic hydroxyl groups is 1. The predicted molar refractivity (Wildman–Crippen MR) is 65.3 cm³/mol. The maximum Gasteiger partial charge on any atom is 0.258 e. The number of imide groups is 1. The molecule has 2 amide bonds. The standard InChI is InChI=1S/C14H9NO3/c16-10-4-1-8(2-5-10)9-3-6-11-12(7-9)14(18)15-13(11)17/h1-7,16H,(H,15,17,18). The summed E-state index contributed by atoms with van der Waals surface area (Å²) in [4.78, 5) is 22.9. The van der Waals surface area contributed by atoms with Crippen LogP contribution in [0.1, 0.15) is 20.7 Å². The third-order valence-corrected chi connectivity index (χ3v) is 2.94. The topological polar surface area (TPSA) is 66.4 Å². The molecule has 0 saturated carbocycles. The molecule has 2 N–H and O–H groups in total. The summed E-state index contributed by atoms with van der Waals surface area (Å²) in [7, 11) is 0. The van der Waals surface area contributed by atoms with Gasteiger partial charge in [0, 0.05) is 0 Å². The number of benzene rings is 2. The van der Waals surface area contributed by atoms with E-state index in [2.05, 4.69) is 5.32 Å². The highest BCUT2D eigenvalue weighted by molar-refractivity contribution is 6.21. The zero-order valence-corrected chi connectivity index (χ0v) is 9.31. The Hall–Kier alpha value is -2.62. The minimum atomic E-state index is -0.365. The van der Waals surface area contributed by atoms with Crippen LogP contribution in [0.15, 0.2) is 42.5 Å². The summed E-state index contributed by atoms with van der Waals surface area (Å²) in [5, 5.41) is 11.5. The van der Waals surface area contributed by atoms with E-state index in [4.69, 9.17) is 0 Å². The van der Waals surface area contributed by atoms with Crippen molar-refractivity contribution in [2.75, 3.05) is 0 Å². The average molecular weight is 239 g/mol. The monoisotopic (exact) mass is 239 g/mol. The number of phenols is 1. The van der Waals surface area contributed by atoms with Gasteiger partial charge in [0.05, 0.1) is 11.1 Å². The third kappa shape index (κ3) is 1.55. The molecule has 0 unspecified atom stereocenters. The van der Waals surface area contributed by atoms with Gasteiger partial charge in [-0.1, -0.05) is 18.2 Å². The highest BCUT2D eigenvalue weighted by atomic mass is 16.3.